The van der Waals surface area contributed by atoms with Crippen LogP contribution in [-0.4, -0.2) is 4.57 Å². The van der Waals surface area contributed by atoms with Crippen molar-refractivity contribution in [2.45, 2.75) is 13.0 Å². The van der Waals surface area contributed by atoms with Crippen molar-refractivity contribution in [3.8, 4) is 6.07 Å². The minimum Gasteiger partial charge on any atom is -0.398 e. The molecule has 10 heavy (non-hydrogen) atoms. The van der Waals surface area contributed by atoms with Gasteiger partial charge in [-0.3, -0.25) is 0 Å². The molecule has 0 aliphatic rings. The third-order valence-corrected chi connectivity index (χ3v) is 1.37. The van der Waals surface area contributed by atoms with Crippen LogP contribution in [0.25, 0.3) is 0 Å². The van der Waals surface area contributed by atoms with Crippen molar-refractivity contribution in [2.75, 3.05) is 5.73 Å². The molecule has 1 rings (SSSR count). The normalized spacial score (nSPS) is 12.4. The monoisotopic (exact) mass is 135 g/mol. The molecular formula is C7H9N3. The van der Waals surface area contributed by atoms with Crippen LogP contribution in [0.2, 0.25) is 0 Å². The largest absolute Gasteiger partial charge is 0.398 e. The highest BCUT2D eigenvalue weighted by Crippen LogP contribution is 2.08. The number of nitrogen functional groups attached to an aromatic ring is 1. The number of nitrogens with two attached hydrogens (primary N) is 1. The summed E-state index contributed by atoms with van der Waals surface area (Å²) in [6, 6.07) is 3.75. The van der Waals surface area contributed by atoms with Crippen molar-refractivity contribution in [1.29, 1.82) is 5.26 Å². The van der Waals surface area contributed by atoms with E-state index in [-0.39, 0.29) is 6.04 Å². The molecule has 0 aliphatic heterocycles. The summed E-state index contributed by atoms with van der Waals surface area (Å²) in [7, 11) is 0. The molecule has 0 bridgehead atoms. The van der Waals surface area contributed by atoms with Gasteiger partial charge in [-0.15, -0.1) is 0 Å². The van der Waals surface area contributed by atoms with Gasteiger partial charge in [-0.25, -0.2) is 0 Å². The second kappa shape index (κ2) is 2.44. The molecule has 3 nitrogen and oxygen atoms in total. The summed E-state index contributed by atoms with van der Waals surface area (Å²) in [6.45, 7) is 1.82. The first-order valence-corrected chi connectivity index (χ1v) is 3.06. The molecule has 3 heteroatoms. The highest BCUT2D eigenvalue weighted by molar-refractivity contribution is 5.34. The topological polar surface area (TPSA) is 54.7 Å². The van der Waals surface area contributed by atoms with E-state index in [1.807, 2.05) is 6.92 Å². The molecule has 1 atom stereocenters. The molecule has 1 unspecified atom stereocenters. The third-order valence-electron chi connectivity index (χ3n) is 1.37. The molecule has 0 saturated carbocycles. The van der Waals surface area contributed by atoms with Crippen LogP contribution in [0.4, 0.5) is 5.69 Å². The van der Waals surface area contributed by atoms with Crippen LogP contribution in [0.1, 0.15) is 13.0 Å². The van der Waals surface area contributed by atoms with E-state index in [1.54, 1.807) is 23.0 Å². The summed E-state index contributed by atoms with van der Waals surface area (Å²) in [5.74, 6) is 0. The molecule has 0 fully saturated rings. The minimum atomic E-state index is -0.128. The van der Waals surface area contributed by atoms with E-state index in [1.165, 1.54) is 0 Å². The zero-order valence-electron chi connectivity index (χ0n) is 5.78. The number of hydrogen-bond acceptors (Lipinski definition) is 2. The van der Waals surface area contributed by atoms with Gasteiger partial charge in [-0.1, -0.05) is 0 Å². The molecule has 52 valence electrons. The summed E-state index contributed by atoms with van der Waals surface area (Å²) in [5, 5.41) is 8.49. The number of rotatable bonds is 1. The minimum absolute atomic E-state index is 0.128. The van der Waals surface area contributed by atoms with E-state index in [0.29, 0.717) is 5.69 Å². The molecule has 0 amide bonds. The van der Waals surface area contributed by atoms with Gasteiger partial charge in [0.15, 0.2) is 0 Å². The number of anilines is 1. The second-order valence-electron chi connectivity index (χ2n) is 2.20. The van der Waals surface area contributed by atoms with Crippen LogP contribution in [0.3, 0.4) is 0 Å². The molecule has 0 aliphatic carbocycles. The van der Waals surface area contributed by atoms with Gasteiger partial charge in [0.1, 0.15) is 6.04 Å². The molecule has 0 radical (unpaired) electrons. The summed E-state index contributed by atoms with van der Waals surface area (Å²) >= 11 is 0. The van der Waals surface area contributed by atoms with Gasteiger partial charge >= 0.3 is 0 Å². The quantitative estimate of drug-likeness (QED) is 0.628. The number of nitrogens with zero attached hydrogens (tertiary/aromatic N) is 2. The van der Waals surface area contributed by atoms with Crippen LogP contribution in [0.15, 0.2) is 18.5 Å². The van der Waals surface area contributed by atoms with Crippen molar-refractivity contribution in [2.24, 2.45) is 0 Å². The zero-order chi connectivity index (χ0) is 7.56. The van der Waals surface area contributed by atoms with Crippen LogP contribution in [-0.2, 0) is 0 Å². The molecule has 0 spiro atoms. The second-order valence-corrected chi connectivity index (χ2v) is 2.20. The van der Waals surface area contributed by atoms with Crippen molar-refractivity contribution >= 4 is 5.69 Å². The van der Waals surface area contributed by atoms with E-state index in [2.05, 4.69) is 6.07 Å². The fourth-order valence-electron chi connectivity index (χ4n) is 0.738. The maximum absolute atomic E-state index is 8.49. The Morgan fingerprint density at radius 3 is 2.90 bits per heavy atom. The van der Waals surface area contributed by atoms with E-state index in [0.717, 1.165) is 0 Å². The smallest absolute Gasteiger partial charge is 0.117 e. The van der Waals surface area contributed by atoms with Crippen molar-refractivity contribution in [3.63, 3.8) is 0 Å². The fourth-order valence-corrected chi connectivity index (χ4v) is 0.738. The Labute approximate surface area is 59.7 Å². The summed E-state index contributed by atoms with van der Waals surface area (Å²) in [5.41, 5.74) is 6.14. The Morgan fingerprint density at radius 1 is 1.80 bits per heavy atom. The van der Waals surface area contributed by atoms with E-state index in [4.69, 9.17) is 11.0 Å². The Hall–Kier alpha value is -1.43. The average molecular weight is 135 g/mol. The van der Waals surface area contributed by atoms with Gasteiger partial charge in [-0.05, 0) is 13.0 Å². The maximum atomic E-state index is 8.49. The molecule has 0 saturated heterocycles. The molecule has 1 aromatic rings. The fraction of sp³-hybridized carbons (Fsp3) is 0.286. The van der Waals surface area contributed by atoms with Crippen molar-refractivity contribution < 1.29 is 0 Å². The molecule has 2 N–H and O–H groups in total. The van der Waals surface area contributed by atoms with Crippen LogP contribution in [0.5, 0.6) is 0 Å². The lowest BCUT2D eigenvalue weighted by Gasteiger charge is -2.01. The predicted octanol–water partition coefficient (Wildman–Crippen LogP) is 1.15. The Morgan fingerprint density at radius 2 is 2.50 bits per heavy atom. The Balaban J connectivity index is 2.87. The highest BCUT2D eigenvalue weighted by Gasteiger charge is 1.99. The summed E-state index contributed by atoms with van der Waals surface area (Å²) < 4.78 is 1.77. The van der Waals surface area contributed by atoms with E-state index < -0.39 is 0 Å². The number of hydrogen-bond donors (Lipinski definition) is 1. The first-order chi connectivity index (χ1) is 4.74. The number of aromatic nitrogens is 1. The molecular weight excluding hydrogens is 126 g/mol. The Bertz CT molecular complexity index is 256. The standard InChI is InChI=1S/C7H9N3/c1-6(4-8)10-3-2-7(9)5-10/h2-3,5-6H,9H2,1H3. The summed E-state index contributed by atoms with van der Waals surface area (Å²) in [4.78, 5) is 0. The molecule has 1 aromatic heterocycles. The van der Waals surface area contributed by atoms with Gasteiger partial charge < -0.3 is 10.3 Å². The van der Waals surface area contributed by atoms with Crippen LogP contribution in [0, 0.1) is 11.3 Å². The lowest BCUT2D eigenvalue weighted by molar-refractivity contribution is 0.678. The SMILES string of the molecule is CC(C#N)n1ccc(N)c1. The van der Waals surface area contributed by atoms with Crippen LogP contribution < -0.4 is 5.73 Å². The first-order valence-electron chi connectivity index (χ1n) is 3.06. The van der Waals surface area contributed by atoms with E-state index in [9.17, 15) is 0 Å². The van der Waals surface area contributed by atoms with Gasteiger partial charge in [0.25, 0.3) is 0 Å². The van der Waals surface area contributed by atoms with Gasteiger partial charge in [0.05, 0.1) is 6.07 Å². The number of nitriles is 1. The zero-order valence-corrected chi connectivity index (χ0v) is 5.78. The third kappa shape index (κ3) is 1.11. The van der Waals surface area contributed by atoms with Gasteiger partial charge in [-0.2, -0.15) is 5.26 Å². The van der Waals surface area contributed by atoms with Gasteiger partial charge in [0.2, 0.25) is 0 Å². The average Bonchev–Trinajstić information content (AvgIpc) is 2.34. The first kappa shape index (κ1) is 6.69. The lowest BCUT2D eigenvalue weighted by atomic mass is 10.4. The summed E-state index contributed by atoms with van der Waals surface area (Å²) in [6.07, 6.45) is 3.54. The Kier molecular flexibility index (Phi) is 1.63. The molecule has 1 heterocycles. The molecule has 0 aromatic carbocycles. The van der Waals surface area contributed by atoms with Crippen LogP contribution >= 0.6 is 0 Å². The van der Waals surface area contributed by atoms with Crippen molar-refractivity contribution in [3.05, 3.63) is 18.5 Å². The highest BCUT2D eigenvalue weighted by atomic mass is 15.0. The predicted molar refractivity (Wildman–Crippen MR) is 39.2 cm³/mol. The van der Waals surface area contributed by atoms with Crippen molar-refractivity contribution in [1.82, 2.24) is 4.57 Å². The maximum Gasteiger partial charge on any atom is 0.117 e. The van der Waals surface area contributed by atoms with Gasteiger partial charge in [0, 0.05) is 18.1 Å². The van der Waals surface area contributed by atoms with E-state index >= 15 is 0 Å². The lowest BCUT2D eigenvalue weighted by Crippen LogP contribution is -1.98.